The topological polar surface area (TPSA) is 46.5 Å². The number of hydrogen-bond donors (Lipinski definition) is 1. The second-order valence-electron chi connectivity index (χ2n) is 6.74. The summed E-state index contributed by atoms with van der Waals surface area (Å²) in [6.07, 6.45) is 11.8. The molecule has 1 unspecified atom stereocenters. The molecule has 3 heteroatoms. The van der Waals surface area contributed by atoms with Crippen molar-refractivity contribution in [1.82, 2.24) is 0 Å². The van der Waals surface area contributed by atoms with Crippen molar-refractivity contribution in [3.05, 3.63) is 29.8 Å². The molecule has 0 aliphatic heterocycles. The van der Waals surface area contributed by atoms with E-state index in [4.69, 9.17) is 9.84 Å². The normalized spacial score (nSPS) is 15.3. The van der Waals surface area contributed by atoms with E-state index in [9.17, 15) is 4.79 Å². The van der Waals surface area contributed by atoms with Gasteiger partial charge in [-0.15, -0.1) is 0 Å². The molecule has 23 heavy (non-hydrogen) atoms. The van der Waals surface area contributed by atoms with Crippen molar-refractivity contribution in [1.29, 1.82) is 0 Å². The van der Waals surface area contributed by atoms with E-state index >= 15 is 0 Å². The molecule has 1 aromatic rings. The van der Waals surface area contributed by atoms with Crippen molar-refractivity contribution in [2.45, 2.75) is 64.7 Å². The molecule has 1 aliphatic carbocycles. The average Bonchev–Trinajstić information content (AvgIpc) is 3.38. The minimum absolute atomic E-state index is 0.255. The van der Waals surface area contributed by atoms with E-state index in [0.717, 1.165) is 18.3 Å². The number of ether oxygens (including phenoxy) is 1. The fourth-order valence-electron chi connectivity index (χ4n) is 3.31. The number of carbonyl (C=O) groups is 1. The molecule has 1 fully saturated rings. The van der Waals surface area contributed by atoms with Crippen LogP contribution in [0.2, 0.25) is 0 Å². The molecule has 0 saturated heterocycles. The Morgan fingerprint density at radius 3 is 2.61 bits per heavy atom. The van der Waals surface area contributed by atoms with Gasteiger partial charge in [-0.25, -0.2) is 4.79 Å². The van der Waals surface area contributed by atoms with Crippen LogP contribution in [-0.2, 0) is 0 Å². The lowest BCUT2D eigenvalue weighted by molar-refractivity contribution is 0.0692. The van der Waals surface area contributed by atoms with Crippen LogP contribution in [0.5, 0.6) is 5.75 Å². The molecule has 0 bridgehead atoms. The predicted molar refractivity (Wildman–Crippen MR) is 93.1 cm³/mol. The maximum Gasteiger partial charge on any atom is 0.339 e. The molecule has 0 spiro atoms. The minimum atomic E-state index is -0.924. The second kappa shape index (κ2) is 9.59. The molecule has 0 radical (unpaired) electrons. The van der Waals surface area contributed by atoms with Crippen LogP contribution in [0.25, 0.3) is 0 Å². The van der Waals surface area contributed by atoms with E-state index in [1.54, 1.807) is 18.2 Å². The van der Waals surface area contributed by atoms with E-state index in [1.165, 1.54) is 51.4 Å². The number of unbranched alkanes of at least 4 members (excludes halogenated alkanes) is 3. The second-order valence-corrected chi connectivity index (χ2v) is 6.74. The zero-order valence-corrected chi connectivity index (χ0v) is 14.3. The van der Waals surface area contributed by atoms with Crippen LogP contribution in [0.15, 0.2) is 24.3 Å². The number of carboxylic acid groups (broad SMARTS) is 1. The van der Waals surface area contributed by atoms with E-state index in [0.29, 0.717) is 12.4 Å². The molecule has 0 aromatic heterocycles. The molecular formula is C20H30O3. The van der Waals surface area contributed by atoms with Gasteiger partial charge in [-0.1, -0.05) is 51.2 Å². The molecule has 3 nitrogen and oxygen atoms in total. The third-order valence-electron chi connectivity index (χ3n) is 4.81. The summed E-state index contributed by atoms with van der Waals surface area (Å²) in [5.74, 6) is 1.37. The van der Waals surface area contributed by atoms with Crippen molar-refractivity contribution in [2.24, 2.45) is 11.8 Å². The lowest BCUT2D eigenvalue weighted by Gasteiger charge is -2.16. The first-order valence-corrected chi connectivity index (χ1v) is 9.17. The summed E-state index contributed by atoms with van der Waals surface area (Å²) in [6.45, 7) is 2.87. The van der Waals surface area contributed by atoms with Crippen LogP contribution in [-0.4, -0.2) is 17.7 Å². The first-order valence-electron chi connectivity index (χ1n) is 9.17. The van der Waals surface area contributed by atoms with E-state index in [1.807, 2.05) is 6.07 Å². The van der Waals surface area contributed by atoms with Gasteiger partial charge in [0, 0.05) is 0 Å². The van der Waals surface area contributed by atoms with Crippen LogP contribution in [0.1, 0.15) is 75.1 Å². The predicted octanol–water partition coefficient (Wildman–Crippen LogP) is 5.54. The molecule has 0 heterocycles. The number of rotatable bonds is 12. The van der Waals surface area contributed by atoms with Gasteiger partial charge in [-0.2, -0.15) is 0 Å². The molecule has 1 N–H and O–H groups in total. The zero-order chi connectivity index (χ0) is 16.5. The summed E-state index contributed by atoms with van der Waals surface area (Å²) in [4.78, 5) is 11.2. The summed E-state index contributed by atoms with van der Waals surface area (Å²) in [5.41, 5.74) is 0.255. The molecule has 1 aromatic carbocycles. The van der Waals surface area contributed by atoms with Crippen LogP contribution in [0.3, 0.4) is 0 Å². The lowest BCUT2D eigenvalue weighted by Crippen LogP contribution is -2.08. The Morgan fingerprint density at radius 2 is 1.91 bits per heavy atom. The number of para-hydroxylation sites is 1. The summed E-state index contributed by atoms with van der Waals surface area (Å²) < 4.78 is 5.71. The molecule has 1 aliphatic rings. The van der Waals surface area contributed by atoms with Gasteiger partial charge in [0.15, 0.2) is 0 Å². The van der Waals surface area contributed by atoms with Gasteiger partial charge >= 0.3 is 5.97 Å². The number of carboxylic acids is 1. The van der Waals surface area contributed by atoms with Crippen LogP contribution in [0, 0.1) is 11.8 Å². The highest BCUT2D eigenvalue weighted by molar-refractivity contribution is 5.90. The van der Waals surface area contributed by atoms with Crippen molar-refractivity contribution in [2.75, 3.05) is 6.61 Å². The van der Waals surface area contributed by atoms with E-state index in [2.05, 4.69) is 6.92 Å². The Kier molecular flexibility index (Phi) is 7.44. The Bertz CT molecular complexity index is 480. The Morgan fingerprint density at radius 1 is 1.17 bits per heavy atom. The Balaban J connectivity index is 1.70. The molecular weight excluding hydrogens is 288 g/mol. The lowest BCUT2D eigenvalue weighted by atomic mass is 9.91. The van der Waals surface area contributed by atoms with E-state index < -0.39 is 5.97 Å². The molecule has 1 saturated carbocycles. The fourth-order valence-corrected chi connectivity index (χ4v) is 3.31. The Hall–Kier alpha value is -1.51. The maximum atomic E-state index is 11.2. The van der Waals surface area contributed by atoms with Crippen molar-refractivity contribution in [3.63, 3.8) is 0 Å². The third-order valence-corrected chi connectivity index (χ3v) is 4.81. The Labute approximate surface area is 140 Å². The third kappa shape index (κ3) is 6.25. The highest BCUT2D eigenvalue weighted by atomic mass is 16.5. The monoisotopic (exact) mass is 318 g/mol. The van der Waals surface area contributed by atoms with Gasteiger partial charge in [0.1, 0.15) is 11.3 Å². The van der Waals surface area contributed by atoms with E-state index in [-0.39, 0.29) is 5.56 Å². The first-order chi connectivity index (χ1) is 11.2. The number of aromatic carboxylic acids is 1. The highest BCUT2D eigenvalue weighted by Crippen LogP contribution is 2.41. The van der Waals surface area contributed by atoms with Gasteiger partial charge in [0.2, 0.25) is 0 Å². The number of benzene rings is 1. The first kappa shape index (κ1) is 17.8. The standard InChI is InChI=1S/C20H30O3/c1-2-3-4-5-9-16(17-13-14-17)10-8-15-23-19-12-7-6-11-18(19)20(21)22/h6-7,11-12,16-17H,2-5,8-10,13-15H2,1H3,(H,21,22). The van der Waals surface area contributed by atoms with Crippen LogP contribution in [0.4, 0.5) is 0 Å². The van der Waals surface area contributed by atoms with Crippen LogP contribution >= 0.6 is 0 Å². The minimum Gasteiger partial charge on any atom is -0.493 e. The fraction of sp³-hybridized carbons (Fsp3) is 0.650. The highest BCUT2D eigenvalue weighted by Gasteiger charge is 2.30. The summed E-state index contributed by atoms with van der Waals surface area (Å²) in [7, 11) is 0. The molecule has 2 rings (SSSR count). The quantitative estimate of drug-likeness (QED) is 0.515. The maximum absolute atomic E-state index is 11.2. The summed E-state index contributed by atoms with van der Waals surface area (Å²) in [6, 6.07) is 6.89. The van der Waals surface area contributed by atoms with Crippen molar-refractivity contribution < 1.29 is 14.6 Å². The summed E-state index contributed by atoms with van der Waals surface area (Å²) >= 11 is 0. The largest absolute Gasteiger partial charge is 0.493 e. The van der Waals surface area contributed by atoms with Gasteiger partial charge < -0.3 is 9.84 Å². The van der Waals surface area contributed by atoms with Gasteiger partial charge in [-0.05, 0) is 49.7 Å². The molecule has 1 atom stereocenters. The zero-order valence-electron chi connectivity index (χ0n) is 14.3. The van der Waals surface area contributed by atoms with Crippen molar-refractivity contribution >= 4 is 5.97 Å². The van der Waals surface area contributed by atoms with Gasteiger partial charge in [0.25, 0.3) is 0 Å². The van der Waals surface area contributed by atoms with Crippen molar-refractivity contribution in [3.8, 4) is 5.75 Å². The smallest absolute Gasteiger partial charge is 0.339 e. The average molecular weight is 318 g/mol. The van der Waals surface area contributed by atoms with Crippen LogP contribution < -0.4 is 4.74 Å². The molecule has 0 amide bonds. The number of hydrogen-bond acceptors (Lipinski definition) is 2. The van der Waals surface area contributed by atoms with Gasteiger partial charge in [0.05, 0.1) is 6.61 Å². The summed E-state index contributed by atoms with van der Waals surface area (Å²) in [5, 5.41) is 9.15. The SMILES string of the molecule is CCCCCCC(CCCOc1ccccc1C(=O)O)C1CC1. The van der Waals surface area contributed by atoms with Gasteiger partial charge in [-0.3, -0.25) is 0 Å². The molecule has 128 valence electrons.